The molecule has 6 heteroatoms. The molecule has 1 rings (SSSR count). The van der Waals surface area contributed by atoms with Gasteiger partial charge in [-0.2, -0.15) is 0 Å². The molecule has 0 unspecified atom stereocenters. The van der Waals surface area contributed by atoms with E-state index < -0.39 is 0 Å². The molecule has 0 fully saturated rings. The summed E-state index contributed by atoms with van der Waals surface area (Å²) in [4.78, 5) is 11.5. The van der Waals surface area contributed by atoms with E-state index in [1.54, 1.807) is 14.2 Å². The second kappa shape index (κ2) is 10.1. The van der Waals surface area contributed by atoms with Crippen LogP contribution in [0.4, 0.5) is 4.79 Å². The number of hydrogen-bond donors (Lipinski definition) is 2. The SMILES string of the molecule is COCCOCNC(=O)NCCc1ccccc1OC. The van der Waals surface area contributed by atoms with Crippen LogP contribution in [0, 0.1) is 0 Å². The quantitative estimate of drug-likeness (QED) is 0.527. The molecule has 0 saturated heterocycles. The fraction of sp³-hybridized carbons (Fsp3) is 0.500. The average molecular weight is 282 g/mol. The van der Waals surface area contributed by atoms with Crippen LogP contribution >= 0.6 is 0 Å². The minimum atomic E-state index is -0.252. The maximum atomic E-state index is 11.5. The van der Waals surface area contributed by atoms with Crippen molar-refractivity contribution < 1.29 is 19.0 Å². The summed E-state index contributed by atoms with van der Waals surface area (Å²) in [6, 6.07) is 7.49. The molecule has 0 atom stereocenters. The summed E-state index contributed by atoms with van der Waals surface area (Å²) in [5, 5.41) is 5.35. The summed E-state index contributed by atoms with van der Waals surface area (Å²) in [5.74, 6) is 0.831. The number of amides is 2. The lowest BCUT2D eigenvalue weighted by Gasteiger charge is -2.10. The van der Waals surface area contributed by atoms with Gasteiger partial charge in [0.1, 0.15) is 12.5 Å². The zero-order chi connectivity index (χ0) is 14.6. The number of hydrogen-bond acceptors (Lipinski definition) is 4. The molecular formula is C14H22N2O4. The van der Waals surface area contributed by atoms with E-state index in [2.05, 4.69) is 10.6 Å². The summed E-state index contributed by atoms with van der Waals surface area (Å²) < 4.78 is 15.2. The van der Waals surface area contributed by atoms with Gasteiger partial charge in [-0.1, -0.05) is 18.2 Å². The molecule has 0 saturated carbocycles. The Balaban J connectivity index is 2.15. The van der Waals surface area contributed by atoms with Gasteiger partial charge in [-0.25, -0.2) is 4.79 Å². The van der Waals surface area contributed by atoms with Gasteiger partial charge >= 0.3 is 6.03 Å². The van der Waals surface area contributed by atoms with Crippen molar-refractivity contribution in [3.63, 3.8) is 0 Å². The molecule has 1 aromatic rings. The molecular weight excluding hydrogens is 260 g/mol. The van der Waals surface area contributed by atoms with Crippen LogP contribution in [-0.2, 0) is 15.9 Å². The largest absolute Gasteiger partial charge is 0.496 e. The Morgan fingerprint density at radius 2 is 1.95 bits per heavy atom. The first-order chi connectivity index (χ1) is 9.77. The van der Waals surface area contributed by atoms with E-state index in [0.29, 0.717) is 26.2 Å². The molecule has 20 heavy (non-hydrogen) atoms. The third-order valence-corrected chi connectivity index (χ3v) is 2.64. The second-order valence-corrected chi connectivity index (χ2v) is 4.04. The molecule has 2 N–H and O–H groups in total. The van der Waals surface area contributed by atoms with Crippen LogP contribution in [0.25, 0.3) is 0 Å². The van der Waals surface area contributed by atoms with Crippen LogP contribution in [-0.4, -0.2) is 46.7 Å². The predicted octanol–water partition coefficient (Wildman–Crippen LogP) is 1.16. The molecule has 0 heterocycles. The summed E-state index contributed by atoms with van der Waals surface area (Å²) in [5.41, 5.74) is 1.06. The summed E-state index contributed by atoms with van der Waals surface area (Å²) in [7, 11) is 3.23. The monoisotopic (exact) mass is 282 g/mol. The van der Waals surface area contributed by atoms with Crippen molar-refractivity contribution in [2.75, 3.05) is 40.7 Å². The van der Waals surface area contributed by atoms with Crippen molar-refractivity contribution in [2.45, 2.75) is 6.42 Å². The smallest absolute Gasteiger partial charge is 0.316 e. The lowest BCUT2D eigenvalue weighted by Crippen LogP contribution is -2.38. The highest BCUT2D eigenvalue weighted by Crippen LogP contribution is 2.17. The van der Waals surface area contributed by atoms with E-state index >= 15 is 0 Å². The van der Waals surface area contributed by atoms with Crippen molar-refractivity contribution in [2.24, 2.45) is 0 Å². The number of para-hydroxylation sites is 1. The van der Waals surface area contributed by atoms with Crippen molar-refractivity contribution in [1.29, 1.82) is 0 Å². The van der Waals surface area contributed by atoms with Crippen LogP contribution in [0.5, 0.6) is 5.75 Å². The lowest BCUT2D eigenvalue weighted by atomic mass is 10.1. The van der Waals surface area contributed by atoms with Gasteiger partial charge in [0.05, 0.1) is 20.3 Å². The Bertz CT molecular complexity index is 399. The first-order valence-corrected chi connectivity index (χ1v) is 6.48. The van der Waals surface area contributed by atoms with Gasteiger partial charge in [0.2, 0.25) is 0 Å². The molecule has 0 bridgehead atoms. The first kappa shape index (κ1) is 16.3. The van der Waals surface area contributed by atoms with Gasteiger partial charge in [0, 0.05) is 13.7 Å². The Morgan fingerprint density at radius 3 is 2.70 bits per heavy atom. The number of benzene rings is 1. The van der Waals surface area contributed by atoms with E-state index in [0.717, 1.165) is 11.3 Å². The number of carbonyl (C=O) groups excluding carboxylic acids is 1. The maximum Gasteiger partial charge on any atom is 0.316 e. The number of methoxy groups -OCH3 is 2. The molecule has 1 aromatic carbocycles. The Hall–Kier alpha value is -1.79. The van der Waals surface area contributed by atoms with Gasteiger partial charge in [-0.3, -0.25) is 0 Å². The summed E-state index contributed by atoms with van der Waals surface area (Å²) in [6.07, 6.45) is 0.710. The molecule has 2 amide bonds. The molecule has 0 aliphatic rings. The van der Waals surface area contributed by atoms with Gasteiger partial charge < -0.3 is 24.8 Å². The van der Waals surface area contributed by atoms with Crippen LogP contribution in [0.3, 0.4) is 0 Å². The summed E-state index contributed by atoms with van der Waals surface area (Å²) in [6.45, 7) is 1.67. The fourth-order valence-corrected chi connectivity index (χ4v) is 1.61. The maximum absolute atomic E-state index is 11.5. The van der Waals surface area contributed by atoms with Crippen LogP contribution in [0.2, 0.25) is 0 Å². The third kappa shape index (κ3) is 6.40. The third-order valence-electron chi connectivity index (χ3n) is 2.64. The minimum absolute atomic E-state index is 0.170. The van der Waals surface area contributed by atoms with Crippen molar-refractivity contribution in [3.05, 3.63) is 29.8 Å². The fourth-order valence-electron chi connectivity index (χ4n) is 1.61. The zero-order valence-corrected chi connectivity index (χ0v) is 12.0. The Morgan fingerprint density at radius 1 is 1.15 bits per heavy atom. The topological polar surface area (TPSA) is 68.8 Å². The molecule has 0 spiro atoms. The molecule has 0 aromatic heterocycles. The van der Waals surface area contributed by atoms with E-state index in [1.807, 2.05) is 24.3 Å². The standard InChI is InChI=1S/C14H22N2O4/c1-18-9-10-20-11-16-14(17)15-8-7-12-5-3-4-6-13(12)19-2/h3-6H,7-11H2,1-2H3,(H2,15,16,17). The number of carbonyl (C=O) groups is 1. The Kier molecular flexibility index (Phi) is 8.17. The van der Waals surface area contributed by atoms with Gasteiger partial charge in [0.15, 0.2) is 0 Å². The van der Waals surface area contributed by atoms with Crippen molar-refractivity contribution in [3.8, 4) is 5.75 Å². The minimum Gasteiger partial charge on any atom is -0.496 e. The highest BCUT2D eigenvalue weighted by Gasteiger charge is 2.03. The zero-order valence-electron chi connectivity index (χ0n) is 12.0. The highest BCUT2D eigenvalue weighted by atomic mass is 16.5. The predicted molar refractivity (Wildman–Crippen MR) is 75.9 cm³/mol. The van der Waals surface area contributed by atoms with E-state index in [1.165, 1.54) is 0 Å². The molecule has 0 aliphatic carbocycles. The number of rotatable bonds is 9. The van der Waals surface area contributed by atoms with E-state index in [-0.39, 0.29) is 12.8 Å². The van der Waals surface area contributed by atoms with Gasteiger partial charge in [0.25, 0.3) is 0 Å². The van der Waals surface area contributed by atoms with Crippen molar-refractivity contribution >= 4 is 6.03 Å². The Labute approximate surface area is 119 Å². The van der Waals surface area contributed by atoms with Crippen LogP contribution < -0.4 is 15.4 Å². The first-order valence-electron chi connectivity index (χ1n) is 6.48. The van der Waals surface area contributed by atoms with Crippen LogP contribution in [0.15, 0.2) is 24.3 Å². The number of ether oxygens (including phenoxy) is 3. The van der Waals surface area contributed by atoms with Gasteiger partial charge in [-0.05, 0) is 18.1 Å². The van der Waals surface area contributed by atoms with E-state index in [4.69, 9.17) is 14.2 Å². The second-order valence-electron chi connectivity index (χ2n) is 4.04. The number of nitrogens with one attached hydrogen (secondary N) is 2. The average Bonchev–Trinajstić information content (AvgIpc) is 2.47. The normalized spacial score (nSPS) is 10.1. The van der Waals surface area contributed by atoms with Gasteiger partial charge in [-0.15, -0.1) is 0 Å². The molecule has 0 aliphatic heterocycles. The van der Waals surface area contributed by atoms with Crippen LogP contribution in [0.1, 0.15) is 5.56 Å². The van der Waals surface area contributed by atoms with E-state index in [9.17, 15) is 4.79 Å². The number of urea groups is 1. The summed E-state index contributed by atoms with van der Waals surface area (Å²) >= 11 is 0. The molecule has 0 radical (unpaired) electrons. The molecule has 112 valence electrons. The highest BCUT2D eigenvalue weighted by molar-refractivity contribution is 5.73. The molecule has 6 nitrogen and oxygen atoms in total. The lowest BCUT2D eigenvalue weighted by molar-refractivity contribution is 0.0643. The van der Waals surface area contributed by atoms with Crippen molar-refractivity contribution in [1.82, 2.24) is 10.6 Å².